The number of ether oxygens (including phenoxy) is 1. The monoisotopic (exact) mass is 253 g/mol. The predicted molar refractivity (Wildman–Crippen MR) is 67.8 cm³/mol. The van der Waals surface area contributed by atoms with E-state index in [0.29, 0.717) is 18.1 Å². The molecule has 6 heteroatoms. The zero-order valence-corrected chi connectivity index (χ0v) is 11.1. The number of aliphatic carboxylic acids is 1. The molecule has 0 aromatic carbocycles. The Labute approximate surface area is 106 Å². The molecule has 1 rings (SSSR count). The molecule has 1 atom stereocenters. The summed E-state index contributed by atoms with van der Waals surface area (Å²) in [5.74, 6) is -0.166. The summed E-state index contributed by atoms with van der Waals surface area (Å²) in [6.07, 6.45) is 3.39. The molecule has 0 bridgehead atoms. The van der Waals surface area contributed by atoms with Gasteiger partial charge in [0.1, 0.15) is 11.4 Å². The van der Waals surface area contributed by atoms with Crippen molar-refractivity contribution in [2.45, 2.75) is 45.8 Å². The van der Waals surface area contributed by atoms with Crippen LogP contribution in [0.5, 0.6) is 5.88 Å². The van der Waals surface area contributed by atoms with E-state index < -0.39 is 11.5 Å². The van der Waals surface area contributed by atoms with Gasteiger partial charge in [0, 0.05) is 0 Å². The molecule has 0 radical (unpaired) electrons. The van der Waals surface area contributed by atoms with Crippen molar-refractivity contribution >= 4 is 11.8 Å². The van der Waals surface area contributed by atoms with Crippen LogP contribution in [0.2, 0.25) is 0 Å². The van der Waals surface area contributed by atoms with Crippen LogP contribution in [0, 0.1) is 0 Å². The fraction of sp³-hybridized carbons (Fsp3) is 0.583. The summed E-state index contributed by atoms with van der Waals surface area (Å²) in [4.78, 5) is 19.3. The van der Waals surface area contributed by atoms with E-state index in [2.05, 4.69) is 15.3 Å². The molecule has 0 spiro atoms. The predicted octanol–water partition coefficient (Wildman–Crippen LogP) is 1.93. The third kappa shape index (κ3) is 3.58. The van der Waals surface area contributed by atoms with Gasteiger partial charge in [-0.1, -0.05) is 6.92 Å². The summed E-state index contributed by atoms with van der Waals surface area (Å²) in [5.41, 5.74) is -1.06. The van der Waals surface area contributed by atoms with Crippen LogP contribution in [-0.2, 0) is 4.79 Å². The molecule has 0 saturated carbocycles. The van der Waals surface area contributed by atoms with E-state index >= 15 is 0 Å². The quantitative estimate of drug-likeness (QED) is 0.805. The summed E-state index contributed by atoms with van der Waals surface area (Å²) in [5, 5.41) is 12.0. The number of carbonyl (C=O) groups is 1. The molecule has 1 heterocycles. The van der Waals surface area contributed by atoms with E-state index in [1.54, 1.807) is 13.8 Å². The summed E-state index contributed by atoms with van der Waals surface area (Å²) in [6.45, 7) is 7.17. The van der Waals surface area contributed by atoms with Crippen LogP contribution in [0.1, 0.15) is 34.1 Å². The second kappa shape index (κ2) is 5.66. The first kappa shape index (κ1) is 14.2. The normalized spacial score (nSPS) is 14.1. The average molecular weight is 253 g/mol. The minimum atomic E-state index is -1.06. The molecule has 6 nitrogen and oxygen atoms in total. The van der Waals surface area contributed by atoms with Crippen molar-refractivity contribution in [3.8, 4) is 5.88 Å². The molecule has 18 heavy (non-hydrogen) atoms. The number of nitrogens with one attached hydrogen (secondary N) is 1. The van der Waals surface area contributed by atoms with Crippen LogP contribution in [0.25, 0.3) is 0 Å². The maximum absolute atomic E-state index is 11.2. The van der Waals surface area contributed by atoms with E-state index in [0.717, 1.165) is 0 Å². The Kier molecular flexibility index (Phi) is 4.47. The Bertz CT molecular complexity index is 423. The summed E-state index contributed by atoms with van der Waals surface area (Å²) in [7, 11) is 0. The van der Waals surface area contributed by atoms with Crippen molar-refractivity contribution in [2.75, 3.05) is 5.32 Å². The maximum atomic E-state index is 11.2. The van der Waals surface area contributed by atoms with E-state index in [9.17, 15) is 4.79 Å². The third-order valence-corrected chi connectivity index (χ3v) is 2.55. The Morgan fingerprint density at radius 1 is 1.56 bits per heavy atom. The lowest BCUT2D eigenvalue weighted by Crippen LogP contribution is -2.43. The highest BCUT2D eigenvalue weighted by Crippen LogP contribution is 2.18. The molecular weight excluding hydrogens is 234 g/mol. The standard InChI is InChI=1S/C12H19N3O3/c1-5-12(4,11(16)17)15-9-6-13-7-10(14-9)18-8(2)3/h6-8H,5H2,1-4H3,(H,14,15)(H,16,17). The van der Waals surface area contributed by atoms with Gasteiger partial charge in [0.25, 0.3) is 0 Å². The molecule has 0 fully saturated rings. The smallest absolute Gasteiger partial charge is 0.329 e. The number of hydrogen-bond donors (Lipinski definition) is 2. The number of carboxylic acid groups (broad SMARTS) is 1. The van der Waals surface area contributed by atoms with E-state index in [-0.39, 0.29) is 6.10 Å². The van der Waals surface area contributed by atoms with Crippen LogP contribution in [0.4, 0.5) is 5.82 Å². The van der Waals surface area contributed by atoms with Gasteiger partial charge >= 0.3 is 5.97 Å². The molecule has 0 amide bonds. The number of hydrogen-bond acceptors (Lipinski definition) is 5. The van der Waals surface area contributed by atoms with Gasteiger partial charge < -0.3 is 15.2 Å². The second-order valence-electron chi connectivity index (χ2n) is 4.52. The Hall–Kier alpha value is -1.85. The van der Waals surface area contributed by atoms with Crippen molar-refractivity contribution in [1.82, 2.24) is 9.97 Å². The topological polar surface area (TPSA) is 84.3 Å². The first-order chi connectivity index (χ1) is 8.37. The number of anilines is 1. The van der Waals surface area contributed by atoms with Crippen LogP contribution in [0.3, 0.4) is 0 Å². The average Bonchev–Trinajstić information content (AvgIpc) is 2.28. The van der Waals surface area contributed by atoms with Gasteiger partial charge in [-0.15, -0.1) is 0 Å². The summed E-state index contributed by atoms with van der Waals surface area (Å²) in [6, 6.07) is 0. The van der Waals surface area contributed by atoms with Crippen molar-refractivity contribution in [3.05, 3.63) is 12.4 Å². The Morgan fingerprint density at radius 3 is 2.72 bits per heavy atom. The van der Waals surface area contributed by atoms with Gasteiger partial charge in [0.15, 0.2) is 0 Å². The Balaban J connectivity index is 2.87. The van der Waals surface area contributed by atoms with Crippen LogP contribution in [-0.4, -0.2) is 32.7 Å². The number of aromatic nitrogens is 2. The van der Waals surface area contributed by atoms with E-state index in [4.69, 9.17) is 9.84 Å². The van der Waals surface area contributed by atoms with Crippen molar-refractivity contribution < 1.29 is 14.6 Å². The molecule has 2 N–H and O–H groups in total. The van der Waals surface area contributed by atoms with Crippen LogP contribution in [0.15, 0.2) is 12.4 Å². The molecule has 0 aliphatic rings. The fourth-order valence-corrected chi connectivity index (χ4v) is 1.28. The molecular formula is C12H19N3O3. The number of rotatable bonds is 6. The molecule has 0 saturated heterocycles. The SMILES string of the molecule is CCC(C)(Nc1cncc(OC(C)C)n1)C(=O)O. The van der Waals surface area contributed by atoms with E-state index in [1.165, 1.54) is 12.4 Å². The summed E-state index contributed by atoms with van der Waals surface area (Å²) < 4.78 is 5.40. The maximum Gasteiger partial charge on any atom is 0.329 e. The molecule has 1 aromatic heterocycles. The van der Waals surface area contributed by atoms with Gasteiger partial charge in [0.2, 0.25) is 5.88 Å². The molecule has 0 aliphatic heterocycles. The number of nitrogens with zero attached hydrogens (tertiary/aromatic N) is 2. The van der Waals surface area contributed by atoms with Gasteiger partial charge in [-0.3, -0.25) is 4.98 Å². The second-order valence-corrected chi connectivity index (χ2v) is 4.52. The van der Waals surface area contributed by atoms with Crippen LogP contribution >= 0.6 is 0 Å². The van der Waals surface area contributed by atoms with Crippen molar-refractivity contribution in [1.29, 1.82) is 0 Å². The highest BCUT2D eigenvalue weighted by molar-refractivity contribution is 5.81. The zero-order valence-electron chi connectivity index (χ0n) is 11.1. The molecule has 1 aromatic rings. The molecule has 100 valence electrons. The van der Waals surface area contributed by atoms with Crippen LogP contribution < -0.4 is 10.1 Å². The lowest BCUT2D eigenvalue weighted by molar-refractivity contribution is -0.141. The largest absolute Gasteiger partial charge is 0.480 e. The number of carboxylic acids is 1. The van der Waals surface area contributed by atoms with Gasteiger partial charge in [-0.2, -0.15) is 4.98 Å². The lowest BCUT2D eigenvalue weighted by Gasteiger charge is -2.25. The van der Waals surface area contributed by atoms with Gasteiger partial charge in [-0.25, -0.2) is 4.79 Å². The fourth-order valence-electron chi connectivity index (χ4n) is 1.28. The van der Waals surface area contributed by atoms with Crippen molar-refractivity contribution in [2.24, 2.45) is 0 Å². The molecule has 1 unspecified atom stereocenters. The third-order valence-electron chi connectivity index (χ3n) is 2.55. The van der Waals surface area contributed by atoms with Gasteiger partial charge in [-0.05, 0) is 27.2 Å². The van der Waals surface area contributed by atoms with Crippen molar-refractivity contribution in [3.63, 3.8) is 0 Å². The highest BCUT2D eigenvalue weighted by atomic mass is 16.5. The minimum Gasteiger partial charge on any atom is -0.480 e. The highest BCUT2D eigenvalue weighted by Gasteiger charge is 2.31. The first-order valence-electron chi connectivity index (χ1n) is 5.87. The Morgan fingerprint density at radius 2 is 2.22 bits per heavy atom. The molecule has 0 aliphatic carbocycles. The zero-order chi connectivity index (χ0) is 13.8. The lowest BCUT2D eigenvalue weighted by atomic mass is 9.99. The van der Waals surface area contributed by atoms with Gasteiger partial charge in [0.05, 0.1) is 18.5 Å². The van der Waals surface area contributed by atoms with E-state index in [1.807, 2.05) is 13.8 Å². The minimum absolute atomic E-state index is 0.00779. The summed E-state index contributed by atoms with van der Waals surface area (Å²) >= 11 is 0. The first-order valence-corrected chi connectivity index (χ1v) is 5.87.